The molecule has 0 radical (unpaired) electrons. The van der Waals surface area contributed by atoms with Gasteiger partial charge in [-0.2, -0.15) is 0 Å². The molecule has 0 spiro atoms. The second-order valence-corrected chi connectivity index (χ2v) is 12.1. The molecule has 5 rings (SSSR count). The van der Waals surface area contributed by atoms with Crippen molar-refractivity contribution in [3.8, 4) is 23.0 Å². The Balaban J connectivity index is 1.57. The van der Waals surface area contributed by atoms with E-state index in [4.69, 9.17) is 23.7 Å². The van der Waals surface area contributed by atoms with E-state index in [9.17, 15) is 9.59 Å². The van der Waals surface area contributed by atoms with Crippen molar-refractivity contribution in [3.05, 3.63) is 114 Å². The quantitative estimate of drug-likeness (QED) is 0.200. The number of carbonyl (C=O) groups is 1. The molecular weight excluding hydrogens is 604 g/mol. The fourth-order valence-corrected chi connectivity index (χ4v) is 6.37. The molecule has 0 unspecified atom stereocenters. The summed E-state index contributed by atoms with van der Waals surface area (Å²) >= 11 is 1.25. The Morgan fingerprint density at radius 1 is 0.978 bits per heavy atom. The topological polar surface area (TPSA) is 97.6 Å². The summed E-state index contributed by atoms with van der Waals surface area (Å²) in [4.78, 5) is 32.6. The van der Waals surface area contributed by atoms with E-state index in [1.807, 2.05) is 63.2 Å². The third-order valence-corrected chi connectivity index (χ3v) is 8.33. The number of hydrogen-bond acceptors (Lipinski definition) is 9. The Bertz CT molecular complexity index is 1970. The summed E-state index contributed by atoms with van der Waals surface area (Å²) in [6.07, 6.45) is 1.72. The van der Waals surface area contributed by atoms with Crippen molar-refractivity contribution in [2.45, 2.75) is 53.4 Å². The van der Waals surface area contributed by atoms with E-state index in [0.29, 0.717) is 50.2 Å². The molecule has 1 aliphatic heterocycles. The molecule has 0 N–H and O–H groups in total. The van der Waals surface area contributed by atoms with Crippen LogP contribution in [-0.2, 0) is 16.1 Å². The number of benzene rings is 3. The number of aryl methyl sites for hydroxylation is 1. The predicted molar refractivity (Wildman–Crippen MR) is 178 cm³/mol. The van der Waals surface area contributed by atoms with Gasteiger partial charge in [-0.1, -0.05) is 53.3 Å². The molecular formula is C36H38N2O7S. The van der Waals surface area contributed by atoms with Crippen LogP contribution in [0.1, 0.15) is 56.0 Å². The molecule has 0 saturated carbocycles. The van der Waals surface area contributed by atoms with Crippen LogP contribution in [0.5, 0.6) is 23.0 Å². The highest BCUT2D eigenvalue weighted by atomic mass is 32.1. The number of nitrogens with zero attached hydrogens (tertiary/aromatic N) is 2. The first kappa shape index (κ1) is 32.6. The van der Waals surface area contributed by atoms with Crippen LogP contribution in [0, 0.1) is 6.92 Å². The number of aromatic nitrogens is 1. The van der Waals surface area contributed by atoms with Gasteiger partial charge in [0.15, 0.2) is 27.8 Å². The van der Waals surface area contributed by atoms with E-state index in [1.54, 1.807) is 50.8 Å². The zero-order chi connectivity index (χ0) is 33.0. The largest absolute Gasteiger partial charge is 0.493 e. The first-order valence-electron chi connectivity index (χ1n) is 15.0. The molecule has 9 nitrogen and oxygen atoms in total. The van der Waals surface area contributed by atoms with Gasteiger partial charge in [-0.25, -0.2) is 9.79 Å². The fourth-order valence-electron chi connectivity index (χ4n) is 5.32. The maximum Gasteiger partial charge on any atom is 0.338 e. The van der Waals surface area contributed by atoms with Gasteiger partial charge in [-0.3, -0.25) is 9.36 Å². The average Bonchev–Trinajstić information content (AvgIpc) is 3.33. The normalized spacial score (nSPS) is 14.5. The summed E-state index contributed by atoms with van der Waals surface area (Å²) in [6.45, 7) is 9.98. The third kappa shape index (κ3) is 6.87. The van der Waals surface area contributed by atoms with Crippen LogP contribution >= 0.6 is 11.3 Å². The summed E-state index contributed by atoms with van der Waals surface area (Å²) in [7, 11) is 3.14. The lowest BCUT2D eigenvalue weighted by Crippen LogP contribution is -2.40. The SMILES string of the molecule is CCOC(=O)C1=C(C)N=c2s/c(=C\c3ccc(OCc4cccc(C)c4)c(OC)c3)c(=O)n2[C@@H]1c1ccc(OC(C)C)c(OC)c1. The van der Waals surface area contributed by atoms with Gasteiger partial charge in [0.2, 0.25) is 0 Å². The molecule has 240 valence electrons. The Hall–Kier alpha value is -4.83. The minimum atomic E-state index is -0.786. The first-order chi connectivity index (χ1) is 22.1. The Kier molecular flexibility index (Phi) is 9.96. The number of carbonyl (C=O) groups excluding carboxylic acids is 1. The zero-order valence-electron chi connectivity index (χ0n) is 27.1. The second kappa shape index (κ2) is 14.1. The van der Waals surface area contributed by atoms with E-state index in [1.165, 1.54) is 11.3 Å². The number of ether oxygens (including phenoxy) is 5. The van der Waals surface area contributed by atoms with Crippen LogP contribution in [0.3, 0.4) is 0 Å². The number of fused-ring (bicyclic) bond motifs is 1. The zero-order valence-corrected chi connectivity index (χ0v) is 27.9. The monoisotopic (exact) mass is 642 g/mol. The number of thiazole rings is 1. The molecule has 0 fully saturated rings. The minimum absolute atomic E-state index is 0.0676. The molecule has 46 heavy (non-hydrogen) atoms. The summed E-state index contributed by atoms with van der Waals surface area (Å²) in [5.41, 5.74) is 4.11. The van der Waals surface area contributed by atoms with Crippen molar-refractivity contribution < 1.29 is 28.5 Å². The molecule has 10 heteroatoms. The lowest BCUT2D eigenvalue weighted by atomic mass is 9.95. The number of allylic oxidation sites excluding steroid dienone is 1. The van der Waals surface area contributed by atoms with Crippen LogP contribution in [0.2, 0.25) is 0 Å². The highest BCUT2D eigenvalue weighted by Crippen LogP contribution is 2.36. The van der Waals surface area contributed by atoms with Crippen molar-refractivity contribution in [3.63, 3.8) is 0 Å². The van der Waals surface area contributed by atoms with Gasteiger partial charge >= 0.3 is 5.97 Å². The standard InChI is InChI=1S/C36H38N2O7S/c1-8-43-35(40)32-23(5)37-36-38(33(32)26-13-15-28(45-21(2)3)30(19-26)42-7)34(39)31(46-36)18-24-12-14-27(29(17-24)41-6)44-20-25-11-9-10-22(4)16-25/h9-19,21,33H,8,20H2,1-7H3/b31-18-/t33-/m1/s1. The summed E-state index contributed by atoms with van der Waals surface area (Å²) in [5, 5.41) is 0. The maximum atomic E-state index is 14.1. The molecule has 1 aliphatic rings. The second-order valence-electron chi connectivity index (χ2n) is 11.1. The number of methoxy groups -OCH3 is 2. The molecule has 4 aromatic rings. The van der Waals surface area contributed by atoms with Gasteiger partial charge in [-0.05, 0) is 81.7 Å². The highest BCUT2D eigenvalue weighted by Gasteiger charge is 2.34. The lowest BCUT2D eigenvalue weighted by molar-refractivity contribution is -0.139. The van der Waals surface area contributed by atoms with E-state index in [-0.39, 0.29) is 23.8 Å². The Morgan fingerprint density at radius 2 is 1.72 bits per heavy atom. The molecule has 1 aromatic heterocycles. The van der Waals surface area contributed by atoms with Crippen LogP contribution in [-0.4, -0.2) is 37.5 Å². The molecule has 1 atom stereocenters. The number of hydrogen-bond donors (Lipinski definition) is 0. The van der Waals surface area contributed by atoms with Gasteiger partial charge in [0, 0.05) is 0 Å². The van der Waals surface area contributed by atoms with Crippen molar-refractivity contribution in [2.24, 2.45) is 4.99 Å². The van der Waals surface area contributed by atoms with Crippen molar-refractivity contribution in [1.29, 1.82) is 0 Å². The van der Waals surface area contributed by atoms with E-state index in [2.05, 4.69) is 11.1 Å². The lowest BCUT2D eigenvalue weighted by Gasteiger charge is -2.25. The maximum absolute atomic E-state index is 14.1. The van der Waals surface area contributed by atoms with Crippen LogP contribution < -0.4 is 33.8 Å². The summed E-state index contributed by atoms with van der Waals surface area (Å²) < 4.78 is 30.7. The van der Waals surface area contributed by atoms with Gasteiger partial charge in [-0.15, -0.1) is 0 Å². The van der Waals surface area contributed by atoms with Crippen LogP contribution in [0.4, 0.5) is 0 Å². The highest BCUT2D eigenvalue weighted by molar-refractivity contribution is 7.07. The molecule has 0 bridgehead atoms. The van der Waals surface area contributed by atoms with Gasteiger partial charge < -0.3 is 23.7 Å². The van der Waals surface area contributed by atoms with Crippen LogP contribution in [0.15, 0.2) is 81.7 Å². The summed E-state index contributed by atoms with van der Waals surface area (Å²) in [5.74, 6) is 1.66. The Labute approximate surface area is 272 Å². The van der Waals surface area contributed by atoms with Gasteiger partial charge in [0.05, 0.1) is 48.8 Å². The number of rotatable bonds is 11. The van der Waals surface area contributed by atoms with Crippen LogP contribution in [0.25, 0.3) is 6.08 Å². The predicted octanol–water partition coefficient (Wildman–Crippen LogP) is 5.49. The number of esters is 1. The van der Waals surface area contributed by atoms with Crippen molar-refractivity contribution in [1.82, 2.24) is 4.57 Å². The average molecular weight is 643 g/mol. The van der Waals surface area contributed by atoms with Gasteiger partial charge in [0.1, 0.15) is 6.61 Å². The van der Waals surface area contributed by atoms with E-state index >= 15 is 0 Å². The molecule has 0 saturated heterocycles. The minimum Gasteiger partial charge on any atom is -0.493 e. The van der Waals surface area contributed by atoms with E-state index in [0.717, 1.165) is 16.7 Å². The molecule has 0 aliphatic carbocycles. The first-order valence-corrected chi connectivity index (χ1v) is 15.9. The fraction of sp³-hybridized carbons (Fsp3) is 0.306. The molecule has 3 aromatic carbocycles. The Morgan fingerprint density at radius 3 is 2.41 bits per heavy atom. The molecule has 0 amide bonds. The van der Waals surface area contributed by atoms with Crippen molar-refractivity contribution >= 4 is 23.4 Å². The molecule has 2 heterocycles. The van der Waals surface area contributed by atoms with E-state index < -0.39 is 12.0 Å². The smallest absolute Gasteiger partial charge is 0.338 e. The van der Waals surface area contributed by atoms with Crippen molar-refractivity contribution in [2.75, 3.05) is 20.8 Å². The van der Waals surface area contributed by atoms with Gasteiger partial charge in [0.25, 0.3) is 5.56 Å². The third-order valence-electron chi connectivity index (χ3n) is 7.35. The summed E-state index contributed by atoms with van der Waals surface area (Å²) in [6, 6.07) is 18.3.